The maximum atomic E-state index is 14.8. The molecule has 0 unspecified atom stereocenters. The van der Waals surface area contributed by atoms with Gasteiger partial charge in [-0.2, -0.15) is 5.10 Å². The van der Waals surface area contributed by atoms with Gasteiger partial charge in [0.1, 0.15) is 17.8 Å². The third kappa shape index (κ3) is 3.43. The number of aryl methyl sites for hydroxylation is 2. The standard InChI is InChI=1S/C23H18FN7O/c1-14-10-25-13-26-21(14)17-11-27-30(2)22(17)19(32)8-16-9-20-28-23(15-6-4-3-5-7-15)29-31(20)12-18(16)24/h3-7,9-13H,8H2,1-2H3. The molecule has 4 aromatic heterocycles. The molecular weight excluding hydrogens is 409 g/mol. The van der Waals surface area contributed by atoms with Gasteiger partial charge in [0.25, 0.3) is 0 Å². The van der Waals surface area contributed by atoms with Gasteiger partial charge in [0, 0.05) is 36.4 Å². The van der Waals surface area contributed by atoms with Gasteiger partial charge in [0.15, 0.2) is 17.3 Å². The quantitative estimate of drug-likeness (QED) is 0.399. The van der Waals surface area contributed by atoms with Crippen LogP contribution in [-0.2, 0) is 13.5 Å². The minimum Gasteiger partial charge on any atom is -0.292 e. The summed E-state index contributed by atoms with van der Waals surface area (Å²) in [4.78, 5) is 26.0. The Morgan fingerprint density at radius 1 is 1.16 bits per heavy atom. The first-order valence-electron chi connectivity index (χ1n) is 9.93. The molecule has 9 heteroatoms. The Hall–Kier alpha value is -4.27. The number of carbonyl (C=O) groups is 1. The molecule has 5 aromatic rings. The number of nitrogens with zero attached hydrogens (tertiary/aromatic N) is 7. The second-order valence-corrected chi connectivity index (χ2v) is 7.44. The Balaban J connectivity index is 1.50. The van der Waals surface area contributed by atoms with Gasteiger partial charge in [0.05, 0.1) is 18.1 Å². The van der Waals surface area contributed by atoms with Crippen LogP contribution >= 0.6 is 0 Å². The topological polar surface area (TPSA) is 90.9 Å². The van der Waals surface area contributed by atoms with Crippen molar-refractivity contribution < 1.29 is 9.18 Å². The highest BCUT2D eigenvalue weighted by molar-refractivity contribution is 6.01. The molecule has 0 radical (unpaired) electrons. The zero-order chi connectivity index (χ0) is 22.2. The zero-order valence-electron chi connectivity index (χ0n) is 17.4. The van der Waals surface area contributed by atoms with E-state index in [9.17, 15) is 9.18 Å². The van der Waals surface area contributed by atoms with E-state index in [-0.39, 0.29) is 17.8 Å². The Morgan fingerprint density at radius 3 is 2.75 bits per heavy atom. The van der Waals surface area contributed by atoms with Crippen molar-refractivity contribution in [3.05, 3.63) is 84.0 Å². The summed E-state index contributed by atoms with van der Waals surface area (Å²) in [5, 5.41) is 8.57. The summed E-state index contributed by atoms with van der Waals surface area (Å²) in [5.74, 6) is -0.317. The van der Waals surface area contributed by atoms with Crippen LogP contribution in [0.4, 0.5) is 4.39 Å². The molecule has 0 atom stereocenters. The van der Waals surface area contributed by atoms with Gasteiger partial charge in [-0.3, -0.25) is 9.48 Å². The van der Waals surface area contributed by atoms with Gasteiger partial charge in [-0.25, -0.2) is 23.9 Å². The number of pyridine rings is 1. The predicted molar refractivity (Wildman–Crippen MR) is 115 cm³/mol. The van der Waals surface area contributed by atoms with Crippen molar-refractivity contribution in [2.24, 2.45) is 7.05 Å². The number of Topliss-reactive ketones (excluding diaryl/α,β-unsaturated/α-hetero) is 1. The Morgan fingerprint density at radius 2 is 1.97 bits per heavy atom. The van der Waals surface area contributed by atoms with Crippen molar-refractivity contribution in [3.8, 4) is 22.6 Å². The van der Waals surface area contributed by atoms with Gasteiger partial charge < -0.3 is 0 Å². The Labute approximate surface area is 182 Å². The second kappa shape index (κ2) is 7.77. The van der Waals surface area contributed by atoms with Crippen LogP contribution < -0.4 is 0 Å². The number of rotatable bonds is 5. The van der Waals surface area contributed by atoms with Gasteiger partial charge in [-0.1, -0.05) is 30.3 Å². The molecular formula is C23H18FN7O. The van der Waals surface area contributed by atoms with E-state index in [0.717, 1.165) is 11.1 Å². The maximum absolute atomic E-state index is 14.8. The molecule has 0 aliphatic carbocycles. The summed E-state index contributed by atoms with van der Waals surface area (Å²) < 4.78 is 17.7. The number of halogens is 1. The third-order valence-corrected chi connectivity index (χ3v) is 5.24. The lowest BCUT2D eigenvalue weighted by atomic mass is 10.0. The normalized spacial score (nSPS) is 11.2. The van der Waals surface area contributed by atoms with Crippen molar-refractivity contribution in [2.75, 3.05) is 0 Å². The molecule has 0 bridgehead atoms. The fraction of sp³-hybridized carbons (Fsp3) is 0.130. The van der Waals surface area contributed by atoms with Crippen LogP contribution in [0.25, 0.3) is 28.3 Å². The van der Waals surface area contributed by atoms with Gasteiger partial charge in [-0.15, -0.1) is 5.10 Å². The number of ketones is 1. The van der Waals surface area contributed by atoms with E-state index in [0.29, 0.717) is 28.4 Å². The highest BCUT2D eigenvalue weighted by Crippen LogP contribution is 2.26. The second-order valence-electron chi connectivity index (χ2n) is 7.44. The first-order chi connectivity index (χ1) is 15.5. The highest BCUT2D eigenvalue weighted by Gasteiger charge is 2.22. The van der Waals surface area contributed by atoms with E-state index >= 15 is 0 Å². The largest absolute Gasteiger partial charge is 0.292 e. The number of hydrogen-bond acceptors (Lipinski definition) is 6. The molecule has 0 spiro atoms. The van der Waals surface area contributed by atoms with E-state index in [1.807, 2.05) is 37.3 Å². The summed E-state index contributed by atoms with van der Waals surface area (Å²) in [5.41, 5.74) is 3.92. The average Bonchev–Trinajstić information content (AvgIpc) is 3.38. The van der Waals surface area contributed by atoms with E-state index in [4.69, 9.17) is 0 Å². The number of benzene rings is 1. The predicted octanol–water partition coefficient (Wildman–Crippen LogP) is 3.46. The van der Waals surface area contributed by atoms with Crippen molar-refractivity contribution >= 4 is 11.4 Å². The van der Waals surface area contributed by atoms with Crippen molar-refractivity contribution in [1.82, 2.24) is 34.3 Å². The van der Waals surface area contributed by atoms with E-state index in [2.05, 4.69) is 25.1 Å². The fourth-order valence-corrected chi connectivity index (χ4v) is 3.67. The number of hydrogen-bond donors (Lipinski definition) is 0. The lowest BCUT2D eigenvalue weighted by Crippen LogP contribution is -2.13. The minimum absolute atomic E-state index is 0.146. The van der Waals surface area contributed by atoms with Crippen LogP contribution in [0.1, 0.15) is 21.6 Å². The molecule has 0 N–H and O–H groups in total. The molecule has 0 amide bonds. The summed E-state index contributed by atoms with van der Waals surface area (Å²) in [7, 11) is 1.68. The molecule has 158 valence electrons. The number of carbonyl (C=O) groups excluding carboxylic acids is 1. The average molecular weight is 427 g/mol. The van der Waals surface area contributed by atoms with Crippen molar-refractivity contribution in [3.63, 3.8) is 0 Å². The maximum Gasteiger partial charge on any atom is 0.186 e. The SMILES string of the molecule is Cc1cncnc1-c1cnn(C)c1C(=O)Cc1cc2nc(-c3ccccc3)nn2cc1F. The molecule has 0 saturated heterocycles. The number of fused-ring (bicyclic) bond motifs is 1. The first kappa shape index (κ1) is 19.7. The lowest BCUT2D eigenvalue weighted by Gasteiger charge is -2.08. The first-order valence-corrected chi connectivity index (χ1v) is 9.93. The summed E-state index contributed by atoms with van der Waals surface area (Å²) in [6.07, 6.45) is 5.79. The molecule has 0 saturated carbocycles. The smallest absolute Gasteiger partial charge is 0.186 e. The zero-order valence-corrected chi connectivity index (χ0v) is 17.4. The van der Waals surface area contributed by atoms with E-state index in [1.54, 1.807) is 25.5 Å². The monoisotopic (exact) mass is 427 g/mol. The van der Waals surface area contributed by atoms with Gasteiger partial charge in [0.2, 0.25) is 0 Å². The molecule has 32 heavy (non-hydrogen) atoms. The summed E-state index contributed by atoms with van der Waals surface area (Å²) >= 11 is 0. The van der Waals surface area contributed by atoms with Crippen LogP contribution in [0.15, 0.2) is 61.3 Å². The van der Waals surface area contributed by atoms with Crippen LogP contribution in [-0.4, -0.2) is 40.1 Å². The molecule has 0 aliphatic rings. The lowest BCUT2D eigenvalue weighted by molar-refractivity contribution is 0.0983. The highest BCUT2D eigenvalue weighted by atomic mass is 19.1. The van der Waals surface area contributed by atoms with Crippen LogP contribution in [0.3, 0.4) is 0 Å². The molecule has 4 heterocycles. The molecule has 1 aromatic carbocycles. The Bertz CT molecular complexity index is 1460. The Kier molecular flexibility index (Phi) is 4.78. The van der Waals surface area contributed by atoms with Crippen molar-refractivity contribution in [2.45, 2.75) is 13.3 Å². The van der Waals surface area contributed by atoms with E-state index in [1.165, 1.54) is 21.7 Å². The fourth-order valence-electron chi connectivity index (χ4n) is 3.67. The summed E-state index contributed by atoms with van der Waals surface area (Å²) in [6.45, 7) is 1.86. The molecule has 5 rings (SSSR count). The van der Waals surface area contributed by atoms with Crippen LogP contribution in [0, 0.1) is 12.7 Å². The number of aromatic nitrogens is 7. The van der Waals surface area contributed by atoms with E-state index < -0.39 is 5.82 Å². The minimum atomic E-state index is -0.530. The summed E-state index contributed by atoms with van der Waals surface area (Å²) in [6, 6.07) is 11.0. The molecule has 0 fully saturated rings. The third-order valence-electron chi connectivity index (χ3n) is 5.24. The van der Waals surface area contributed by atoms with Crippen LogP contribution in [0.5, 0.6) is 0 Å². The molecule has 0 aliphatic heterocycles. The molecule has 8 nitrogen and oxygen atoms in total. The van der Waals surface area contributed by atoms with Crippen LogP contribution in [0.2, 0.25) is 0 Å². The van der Waals surface area contributed by atoms with Gasteiger partial charge >= 0.3 is 0 Å². The van der Waals surface area contributed by atoms with Gasteiger partial charge in [-0.05, 0) is 18.6 Å². The van der Waals surface area contributed by atoms with Crippen molar-refractivity contribution in [1.29, 1.82) is 0 Å².